The fourth-order valence-corrected chi connectivity index (χ4v) is 2.89. The van der Waals surface area contributed by atoms with Gasteiger partial charge in [0.05, 0.1) is 7.11 Å². The van der Waals surface area contributed by atoms with E-state index in [-0.39, 0.29) is 5.91 Å². The van der Waals surface area contributed by atoms with Crippen molar-refractivity contribution in [2.45, 2.75) is 6.54 Å². The molecule has 0 unspecified atom stereocenters. The Bertz CT molecular complexity index is 723. The Morgan fingerprint density at radius 3 is 2.76 bits per heavy atom. The molecule has 0 aliphatic carbocycles. The summed E-state index contributed by atoms with van der Waals surface area (Å²) in [6.45, 7) is 4.15. The Balaban J connectivity index is 1.50. The van der Waals surface area contributed by atoms with Gasteiger partial charge in [0.25, 0.3) is 0 Å². The molecule has 3 rings (SSSR count). The number of methoxy groups -OCH3 is 1. The maximum Gasteiger partial charge on any atom is 0.246 e. The van der Waals surface area contributed by atoms with Gasteiger partial charge in [-0.15, -0.1) is 0 Å². The van der Waals surface area contributed by atoms with Crippen molar-refractivity contribution >= 4 is 12.0 Å². The highest BCUT2D eigenvalue weighted by atomic mass is 16.5. The van der Waals surface area contributed by atoms with Crippen LogP contribution in [0.2, 0.25) is 0 Å². The first-order valence-corrected chi connectivity index (χ1v) is 8.47. The highest BCUT2D eigenvalue weighted by molar-refractivity contribution is 5.91. The first-order chi connectivity index (χ1) is 12.2. The van der Waals surface area contributed by atoms with Gasteiger partial charge < -0.3 is 9.64 Å². The van der Waals surface area contributed by atoms with Gasteiger partial charge in [-0.2, -0.15) is 0 Å². The van der Waals surface area contributed by atoms with E-state index in [1.54, 1.807) is 19.4 Å². The molecule has 0 N–H and O–H groups in total. The van der Waals surface area contributed by atoms with Crippen LogP contribution in [-0.4, -0.2) is 54.0 Å². The van der Waals surface area contributed by atoms with Gasteiger partial charge in [0, 0.05) is 51.2 Å². The van der Waals surface area contributed by atoms with Crippen molar-refractivity contribution in [3.8, 4) is 5.75 Å². The number of nitrogens with zero attached hydrogens (tertiary/aromatic N) is 3. The maximum absolute atomic E-state index is 12.4. The number of ether oxygens (including phenoxy) is 1. The molecule has 5 heteroatoms. The minimum absolute atomic E-state index is 0.0591. The average molecular weight is 337 g/mol. The predicted molar refractivity (Wildman–Crippen MR) is 98.1 cm³/mol. The van der Waals surface area contributed by atoms with E-state index in [2.05, 4.69) is 16.0 Å². The molecule has 1 amide bonds. The minimum atomic E-state index is 0.0591. The summed E-state index contributed by atoms with van der Waals surface area (Å²) >= 11 is 0. The van der Waals surface area contributed by atoms with E-state index in [4.69, 9.17) is 4.74 Å². The molecule has 0 atom stereocenters. The molecule has 1 aliphatic heterocycles. The highest BCUT2D eigenvalue weighted by Gasteiger charge is 2.19. The molecule has 5 nitrogen and oxygen atoms in total. The van der Waals surface area contributed by atoms with Crippen molar-refractivity contribution in [2.75, 3.05) is 33.3 Å². The molecule has 0 bridgehead atoms. The number of hydrogen-bond acceptors (Lipinski definition) is 4. The second-order valence-electron chi connectivity index (χ2n) is 6.07. The Morgan fingerprint density at radius 1 is 1.20 bits per heavy atom. The predicted octanol–water partition coefficient (Wildman–Crippen LogP) is 2.45. The Labute approximate surface area is 148 Å². The van der Waals surface area contributed by atoms with Crippen molar-refractivity contribution in [3.05, 3.63) is 66.0 Å². The summed E-state index contributed by atoms with van der Waals surface area (Å²) in [6, 6.07) is 11.7. The quantitative estimate of drug-likeness (QED) is 0.786. The van der Waals surface area contributed by atoms with Crippen LogP contribution >= 0.6 is 0 Å². The average Bonchev–Trinajstić information content (AvgIpc) is 2.67. The Hall–Kier alpha value is -2.66. The van der Waals surface area contributed by atoms with Crippen molar-refractivity contribution in [1.82, 2.24) is 14.8 Å². The standard InChI is InChI=1S/C20H23N3O2/c1-25-19-6-2-4-17(14-19)7-8-20(24)23-12-10-22(11-13-23)16-18-5-3-9-21-15-18/h2-9,14-15H,10-13,16H2,1H3. The number of amides is 1. The molecule has 0 radical (unpaired) electrons. The summed E-state index contributed by atoms with van der Waals surface area (Å²) < 4.78 is 5.20. The molecule has 0 spiro atoms. The third-order valence-corrected chi connectivity index (χ3v) is 4.33. The largest absolute Gasteiger partial charge is 0.497 e. The molecule has 2 heterocycles. The fourth-order valence-electron chi connectivity index (χ4n) is 2.89. The van der Waals surface area contributed by atoms with Crippen LogP contribution in [0.15, 0.2) is 54.9 Å². The molecule has 0 saturated carbocycles. The van der Waals surface area contributed by atoms with Gasteiger partial charge in [-0.25, -0.2) is 0 Å². The van der Waals surface area contributed by atoms with Crippen molar-refractivity contribution in [3.63, 3.8) is 0 Å². The number of benzene rings is 1. The van der Waals surface area contributed by atoms with Gasteiger partial charge in [-0.05, 0) is 35.4 Å². The lowest BCUT2D eigenvalue weighted by Gasteiger charge is -2.34. The third kappa shape index (κ3) is 4.90. The summed E-state index contributed by atoms with van der Waals surface area (Å²) in [5, 5.41) is 0. The van der Waals surface area contributed by atoms with Crippen LogP contribution in [0.3, 0.4) is 0 Å². The molecule has 1 fully saturated rings. The maximum atomic E-state index is 12.4. The summed E-state index contributed by atoms with van der Waals surface area (Å²) in [4.78, 5) is 20.8. The summed E-state index contributed by atoms with van der Waals surface area (Å²) in [7, 11) is 1.64. The second kappa shape index (κ2) is 8.44. The van der Waals surface area contributed by atoms with Crippen LogP contribution in [-0.2, 0) is 11.3 Å². The summed E-state index contributed by atoms with van der Waals surface area (Å²) in [5.74, 6) is 0.850. The van der Waals surface area contributed by atoms with Crippen LogP contribution in [0.4, 0.5) is 0 Å². The molecule has 1 saturated heterocycles. The van der Waals surface area contributed by atoms with Gasteiger partial charge in [0.15, 0.2) is 0 Å². The lowest BCUT2D eigenvalue weighted by Crippen LogP contribution is -2.47. The van der Waals surface area contributed by atoms with E-state index >= 15 is 0 Å². The summed E-state index contributed by atoms with van der Waals surface area (Å²) in [5.41, 5.74) is 2.17. The number of rotatable bonds is 5. The number of piperazine rings is 1. The van der Waals surface area contributed by atoms with Crippen molar-refractivity contribution in [2.24, 2.45) is 0 Å². The summed E-state index contributed by atoms with van der Waals surface area (Å²) in [6.07, 6.45) is 7.17. The van der Waals surface area contributed by atoms with E-state index in [1.807, 2.05) is 47.5 Å². The number of carbonyl (C=O) groups is 1. The third-order valence-electron chi connectivity index (χ3n) is 4.33. The molecular formula is C20H23N3O2. The van der Waals surface area contributed by atoms with Gasteiger partial charge in [0.1, 0.15) is 5.75 Å². The van der Waals surface area contributed by atoms with Crippen molar-refractivity contribution in [1.29, 1.82) is 0 Å². The van der Waals surface area contributed by atoms with E-state index in [0.29, 0.717) is 0 Å². The second-order valence-corrected chi connectivity index (χ2v) is 6.07. The fraction of sp³-hybridized carbons (Fsp3) is 0.300. The molecular weight excluding hydrogens is 314 g/mol. The normalized spacial score (nSPS) is 15.5. The van der Waals surface area contributed by atoms with E-state index in [9.17, 15) is 4.79 Å². The van der Waals surface area contributed by atoms with Gasteiger partial charge in [0.2, 0.25) is 5.91 Å². The zero-order valence-electron chi connectivity index (χ0n) is 14.5. The molecule has 2 aromatic rings. The first kappa shape index (κ1) is 17.2. The molecule has 1 aromatic heterocycles. The zero-order chi connectivity index (χ0) is 17.5. The highest BCUT2D eigenvalue weighted by Crippen LogP contribution is 2.14. The Morgan fingerprint density at radius 2 is 2.04 bits per heavy atom. The van der Waals surface area contributed by atoms with Gasteiger partial charge in [-0.3, -0.25) is 14.7 Å². The van der Waals surface area contributed by atoms with Crippen LogP contribution < -0.4 is 4.74 Å². The zero-order valence-corrected chi connectivity index (χ0v) is 14.5. The van der Waals surface area contributed by atoms with Gasteiger partial charge >= 0.3 is 0 Å². The number of hydrogen-bond donors (Lipinski definition) is 0. The topological polar surface area (TPSA) is 45.7 Å². The smallest absolute Gasteiger partial charge is 0.246 e. The van der Waals surface area contributed by atoms with Crippen molar-refractivity contribution < 1.29 is 9.53 Å². The number of pyridine rings is 1. The lowest BCUT2D eigenvalue weighted by molar-refractivity contribution is -0.127. The van der Waals surface area contributed by atoms with Crippen LogP contribution in [0.25, 0.3) is 6.08 Å². The first-order valence-electron chi connectivity index (χ1n) is 8.47. The molecule has 1 aliphatic rings. The minimum Gasteiger partial charge on any atom is -0.497 e. The molecule has 25 heavy (non-hydrogen) atoms. The van der Waals surface area contributed by atoms with Gasteiger partial charge in [-0.1, -0.05) is 18.2 Å². The van der Waals surface area contributed by atoms with E-state index < -0.39 is 0 Å². The van der Waals surface area contributed by atoms with Crippen LogP contribution in [0.1, 0.15) is 11.1 Å². The number of aromatic nitrogens is 1. The SMILES string of the molecule is COc1cccc(C=CC(=O)N2CCN(Cc3cccnc3)CC2)c1. The van der Waals surface area contributed by atoms with E-state index in [1.165, 1.54) is 5.56 Å². The lowest BCUT2D eigenvalue weighted by atomic mass is 10.2. The van der Waals surface area contributed by atoms with E-state index in [0.717, 1.165) is 44.0 Å². The Kier molecular flexibility index (Phi) is 5.80. The molecule has 1 aromatic carbocycles. The number of carbonyl (C=O) groups excluding carboxylic acids is 1. The monoisotopic (exact) mass is 337 g/mol. The molecule has 130 valence electrons. The van der Waals surface area contributed by atoms with Crippen LogP contribution in [0, 0.1) is 0 Å². The van der Waals surface area contributed by atoms with Crippen LogP contribution in [0.5, 0.6) is 5.75 Å².